The zero-order valence-electron chi connectivity index (χ0n) is 19.0. The molecule has 0 amide bonds. The number of methoxy groups -OCH3 is 2. The van der Waals surface area contributed by atoms with Gasteiger partial charge in [-0.05, 0) is 44.5 Å². The maximum atomic E-state index is 13.0. The largest absolute Gasteiger partial charge is 0.465 e. The highest BCUT2D eigenvalue weighted by atomic mass is 32.2. The number of rotatable bonds is 3. The predicted molar refractivity (Wildman–Crippen MR) is 136 cm³/mol. The quantitative estimate of drug-likeness (QED) is 0.372. The number of aryl methyl sites for hydroxylation is 1. The van der Waals surface area contributed by atoms with Gasteiger partial charge in [0.15, 0.2) is 5.70 Å². The molecule has 4 rings (SSSR count). The molecule has 2 heterocycles. The first kappa shape index (κ1) is 23.1. The van der Waals surface area contributed by atoms with Crippen LogP contribution in [0.4, 0.5) is 11.4 Å². The number of carbonyl (C=O) groups is 2. The van der Waals surface area contributed by atoms with E-state index in [0.717, 1.165) is 28.1 Å². The fourth-order valence-corrected chi connectivity index (χ4v) is 5.49. The number of hydrogen-bond acceptors (Lipinski definition) is 8. The summed E-state index contributed by atoms with van der Waals surface area (Å²) in [6.45, 7) is 5.99. The highest BCUT2D eigenvalue weighted by Crippen LogP contribution is 2.51. The van der Waals surface area contributed by atoms with Crippen molar-refractivity contribution in [3.8, 4) is 0 Å². The summed E-state index contributed by atoms with van der Waals surface area (Å²) in [4.78, 5) is 28.3. The molecule has 2 aliphatic rings. The molecule has 0 aromatic heterocycles. The van der Waals surface area contributed by atoms with Gasteiger partial charge in [-0.15, -0.1) is 0 Å². The zero-order valence-corrected chi connectivity index (χ0v) is 20.6. The Labute approximate surface area is 202 Å². The molecule has 33 heavy (non-hydrogen) atoms. The molecule has 2 aromatic carbocycles. The number of nitrogens with one attached hydrogen (secondary N) is 1. The van der Waals surface area contributed by atoms with Crippen LogP contribution in [0.15, 0.2) is 64.2 Å². The van der Waals surface area contributed by atoms with E-state index < -0.39 is 17.5 Å². The van der Waals surface area contributed by atoms with Crippen molar-refractivity contribution in [2.24, 2.45) is 0 Å². The summed E-state index contributed by atoms with van der Waals surface area (Å²) in [6, 6.07) is 15.6. The summed E-state index contributed by atoms with van der Waals surface area (Å²) in [7, 11) is 2.59. The van der Waals surface area contributed by atoms with Crippen molar-refractivity contribution >= 4 is 57.7 Å². The first-order valence-electron chi connectivity index (χ1n) is 10.3. The third-order valence-electron chi connectivity index (χ3n) is 5.50. The van der Waals surface area contributed by atoms with Crippen LogP contribution in [0.2, 0.25) is 0 Å². The third kappa shape index (κ3) is 3.94. The van der Waals surface area contributed by atoms with Crippen LogP contribution in [0.3, 0.4) is 0 Å². The van der Waals surface area contributed by atoms with Crippen molar-refractivity contribution < 1.29 is 19.1 Å². The van der Waals surface area contributed by atoms with Crippen LogP contribution in [-0.4, -0.2) is 36.6 Å². The summed E-state index contributed by atoms with van der Waals surface area (Å²) in [5, 5.41) is 4.15. The van der Waals surface area contributed by atoms with E-state index in [0.29, 0.717) is 9.89 Å². The molecule has 0 radical (unpaired) electrons. The Balaban J connectivity index is 2.08. The molecule has 0 unspecified atom stereocenters. The van der Waals surface area contributed by atoms with Crippen molar-refractivity contribution in [1.82, 2.24) is 0 Å². The van der Waals surface area contributed by atoms with Crippen LogP contribution in [0, 0.1) is 6.92 Å². The molecular formula is C25H24N2O4S2. The standard InChI is InChI=1S/C25H24N2O4S2/c1-14-9-8-10-15(13-14)27-19(23(28)30-4)20(24(29)31-5)33-22(27)18-16-11-6-7-12-17(16)26-25(2,3)21(18)32/h6-13,26H,1-5H3. The van der Waals surface area contributed by atoms with Gasteiger partial charge in [0, 0.05) is 22.5 Å². The molecular weight excluding hydrogens is 456 g/mol. The van der Waals surface area contributed by atoms with Gasteiger partial charge >= 0.3 is 11.9 Å². The molecule has 0 bridgehead atoms. The summed E-state index contributed by atoms with van der Waals surface area (Å²) >= 11 is 7.13. The van der Waals surface area contributed by atoms with Gasteiger partial charge in [0.05, 0.1) is 29.7 Å². The molecule has 0 saturated carbocycles. The average Bonchev–Trinajstić information content (AvgIpc) is 3.18. The Hall–Kier alpha value is -3.10. The molecule has 1 N–H and O–H groups in total. The number of esters is 2. The maximum absolute atomic E-state index is 13.0. The zero-order chi connectivity index (χ0) is 23.9. The molecule has 2 aromatic rings. The van der Waals surface area contributed by atoms with Crippen LogP contribution in [0.1, 0.15) is 25.0 Å². The van der Waals surface area contributed by atoms with Gasteiger partial charge in [0.2, 0.25) is 0 Å². The van der Waals surface area contributed by atoms with E-state index in [1.54, 1.807) is 4.90 Å². The van der Waals surface area contributed by atoms with E-state index in [1.807, 2.05) is 69.3 Å². The van der Waals surface area contributed by atoms with Gasteiger partial charge < -0.3 is 14.8 Å². The van der Waals surface area contributed by atoms with E-state index in [4.69, 9.17) is 21.7 Å². The molecule has 0 spiro atoms. The number of thioether (sulfide) groups is 1. The fourth-order valence-electron chi connectivity index (χ4n) is 3.93. The molecule has 2 aliphatic heterocycles. The number of fused-ring (bicyclic) bond motifs is 1. The van der Waals surface area contributed by atoms with Crippen molar-refractivity contribution in [2.45, 2.75) is 26.3 Å². The molecule has 0 saturated heterocycles. The van der Waals surface area contributed by atoms with Crippen molar-refractivity contribution in [1.29, 1.82) is 0 Å². The van der Waals surface area contributed by atoms with Crippen LogP contribution < -0.4 is 10.2 Å². The third-order valence-corrected chi connectivity index (χ3v) is 7.36. The van der Waals surface area contributed by atoms with E-state index >= 15 is 0 Å². The van der Waals surface area contributed by atoms with Gasteiger partial charge in [-0.25, -0.2) is 9.59 Å². The predicted octanol–water partition coefficient (Wildman–Crippen LogP) is 5.05. The number of ether oxygens (including phenoxy) is 2. The summed E-state index contributed by atoms with van der Waals surface area (Å²) < 4.78 is 10.1. The summed E-state index contributed by atoms with van der Waals surface area (Å²) in [6.07, 6.45) is 0. The lowest BCUT2D eigenvalue weighted by atomic mass is 9.85. The smallest absolute Gasteiger partial charge is 0.356 e. The lowest BCUT2D eigenvalue weighted by Gasteiger charge is -2.38. The minimum absolute atomic E-state index is 0.110. The molecule has 170 valence electrons. The highest BCUT2D eigenvalue weighted by Gasteiger charge is 2.44. The lowest BCUT2D eigenvalue weighted by molar-refractivity contribution is -0.138. The van der Waals surface area contributed by atoms with Crippen LogP contribution in [0.5, 0.6) is 0 Å². The van der Waals surface area contributed by atoms with Crippen LogP contribution in [0.25, 0.3) is 5.57 Å². The van der Waals surface area contributed by atoms with Crippen LogP contribution >= 0.6 is 24.0 Å². The number of hydrogen-bond donors (Lipinski definition) is 1. The van der Waals surface area contributed by atoms with E-state index in [1.165, 1.54) is 26.0 Å². The Morgan fingerprint density at radius 1 is 1.03 bits per heavy atom. The number of nitrogens with zero attached hydrogens (tertiary/aromatic N) is 1. The summed E-state index contributed by atoms with van der Waals surface area (Å²) in [5.41, 5.74) is 3.93. The number of benzene rings is 2. The van der Waals surface area contributed by atoms with Crippen molar-refractivity contribution in [3.05, 3.63) is 75.3 Å². The molecule has 8 heteroatoms. The monoisotopic (exact) mass is 480 g/mol. The van der Waals surface area contributed by atoms with E-state index in [9.17, 15) is 9.59 Å². The SMILES string of the molecule is COC(=O)C1=C(C(=O)OC)N(c2cccc(C)c2)C(=C2C(=S)C(C)(C)Nc3ccccc32)S1. The topological polar surface area (TPSA) is 67.9 Å². The number of anilines is 2. The Kier molecular flexibility index (Phi) is 6.07. The Morgan fingerprint density at radius 3 is 2.39 bits per heavy atom. The van der Waals surface area contributed by atoms with E-state index in [2.05, 4.69) is 5.32 Å². The summed E-state index contributed by atoms with van der Waals surface area (Å²) in [5.74, 6) is -1.24. The molecule has 0 aliphatic carbocycles. The second-order valence-electron chi connectivity index (χ2n) is 8.24. The number of para-hydroxylation sites is 1. The van der Waals surface area contributed by atoms with E-state index in [-0.39, 0.29) is 10.6 Å². The fraction of sp³-hybridized carbons (Fsp3) is 0.240. The van der Waals surface area contributed by atoms with Gasteiger partial charge in [-0.3, -0.25) is 4.90 Å². The Bertz CT molecular complexity index is 1250. The highest BCUT2D eigenvalue weighted by molar-refractivity contribution is 8.08. The Morgan fingerprint density at radius 2 is 1.73 bits per heavy atom. The van der Waals surface area contributed by atoms with Gasteiger partial charge in [-0.1, -0.05) is 54.3 Å². The molecule has 0 atom stereocenters. The first-order chi connectivity index (χ1) is 15.7. The maximum Gasteiger partial charge on any atom is 0.356 e. The van der Waals surface area contributed by atoms with Gasteiger partial charge in [-0.2, -0.15) is 0 Å². The van der Waals surface area contributed by atoms with Crippen molar-refractivity contribution in [2.75, 3.05) is 24.4 Å². The molecule has 6 nitrogen and oxygen atoms in total. The first-order valence-corrected chi connectivity index (χ1v) is 11.5. The average molecular weight is 481 g/mol. The van der Waals surface area contributed by atoms with Crippen LogP contribution in [-0.2, 0) is 19.1 Å². The number of thiocarbonyl (C=S) groups is 1. The molecule has 0 fully saturated rings. The van der Waals surface area contributed by atoms with Gasteiger partial charge in [0.25, 0.3) is 0 Å². The second-order valence-corrected chi connectivity index (χ2v) is 9.65. The van der Waals surface area contributed by atoms with Crippen molar-refractivity contribution in [3.63, 3.8) is 0 Å². The normalized spacial score (nSPS) is 19.2. The lowest BCUT2D eigenvalue weighted by Crippen LogP contribution is -2.44. The minimum atomic E-state index is -0.632. The number of carbonyl (C=O) groups excluding carboxylic acids is 2. The second kappa shape index (κ2) is 8.68. The minimum Gasteiger partial charge on any atom is -0.465 e. The van der Waals surface area contributed by atoms with Gasteiger partial charge in [0.1, 0.15) is 4.91 Å².